The molecular formula is C11H13BrN2O2S3. The van der Waals surface area contributed by atoms with E-state index in [1.165, 1.54) is 22.7 Å². The van der Waals surface area contributed by atoms with Gasteiger partial charge in [0.1, 0.15) is 4.21 Å². The Morgan fingerprint density at radius 3 is 2.58 bits per heavy atom. The number of aromatic nitrogens is 1. The number of hydrogen-bond donors (Lipinski definition) is 1. The molecule has 0 spiro atoms. The zero-order valence-corrected chi connectivity index (χ0v) is 14.6. The molecule has 2 rings (SSSR count). The highest BCUT2D eigenvalue weighted by atomic mass is 79.9. The second-order valence-corrected chi connectivity index (χ2v) is 9.00. The average Bonchev–Trinajstić information content (AvgIpc) is 2.84. The smallest absolute Gasteiger partial charge is 0.247 e. The van der Waals surface area contributed by atoms with Crippen LogP contribution in [0, 0.1) is 13.8 Å². The summed E-state index contributed by atoms with van der Waals surface area (Å²) in [6.07, 6.45) is 0. The number of nitrogens with one attached hydrogen (secondary N) is 1. The van der Waals surface area contributed by atoms with Gasteiger partial charge in [-0.3, -0.25) is 0 Å². The molecule has 0 amide bonds. The molecule has 104 valence electrons. The van der Waals surface area contributed by atoms with Crippen molar-refractivity contribution in [2.45, 2.75) is 31.0 Å². The third-order valence-electron chi connectivity index (χ3n) is 2.49. The summed E-state index contributed by atoms with van der Waals surface area (Å²) in [6.45, 7) is 5.64. The summed E-state index contributed by atoms with van der Waals surface area (Å²) in [5, 5.41) is 2.68. The van der Waals surface area contributed by atoms with E-state index in [1.54, 1.807) is 11.4 Å². The number of sulfonamides is 1. The molecule has 0 saturated heterocycles. The van der Waals surface area contributed by atoms with E-state index in [-0.39, 0.29) is 6.04 Å². The Hall–Kier alpha value is -0.280. The molecule has 0 fully saturated rings. The minimum Gasteiger partial charge on any atom is -0.247 e. The summed E-state index contributed by atoms with van der Waals surface area (Å²) in [6, 6.07) is 1.44. The molecule has 1 unspecified atom stereocenters. The summed E-state index contributed by atoms with van der Waals surface area (Å²) >= 11 is 5.96. The van der Waals surface area contributed by atoms with Gasteiger partial charge in [0.25, 0.3) is 10.0 Å². The lowest BCUT2D eigenvalue weighted by atomic mass is 10.2. The lowest BCUT2D eigenvalue weighted by Gasteiger charge is -2.12. The first-order valence-corrected chi connectivity index (χ1v) is 9.47. The SMILES string of the molecule is Cc1nc(C)c(C(C)NS(=O)(=O)c2sccc2Br)s1. The van der Waals surface area contributed by atoms with Crippen LogP contribution >= 0.6 is 38.6 Å². The first kappa shape index (κ1) is 15.1. The maximum atomic E-state index is 12.3. The Morgan fingerprint density at radius 2 is 2.11 bits per heavy atom. The molecule has 2 aromatic heterocycles. The van der Waals surface area contributed by atoms with Crippen molar-refractivity contribution in [3.8, 4) is 0 Å². The van der Waals surface area contributed by atoms with Crippen LogP contribution in [0.25, 0.3) is 0 Å². The van der Waals surface area contributed by atoms with Gasteiger partial charge in [-0.2, -0.15) is 0 Å². The maximum Gasteiger partial charge on any atom is 0.251 e. The Morgan fingerprint density at radius 1 is 1.42 bits per heavy atom. The van der Waals surface area contributed by atoms with E-state index < -0.39 is 10.0 Å². The van der Waals surface area contributed by atoms with Crippen molar-refractivity contribution in [3.63, 3.8) is 0 Å². The van der Waals surface area contributed by atoms with E-state index in [2.05, 4.69) is 25.6 Å². The third-order valence-corrected chi connectivity index (χ3v) is 7.96. The predicted molar refractivity (Wildman–Crippen MR) is 82.3 cm³/mol. The van der Waals surface area contributed by atoms with Crippen LogP contribution in [0.2, 0.25) is 0 Å². The largest absolute Gasteiger partial charge is 0.251 e. The van der Waals surface area contributed by atoms with Crippen LogP contribution in [0.15, 0.2) is 20.1 Å². The highest BCUT2D eigenvalue weighted by Crippen LogP contribution is 2.30. The Bertz CT molecular complexity index is 691. The summed E-state index contributed by atoms with van der Waals surface area (Å²) in [4.78, 5) is 5.27. The molecule has 0 radical (unpaired) electrons. The number of rotatable bonds is 4. The Labute approximate surface area is 129 Å². The molecule has 8 heteroatoms. The van der Waals surface area contributed by atoms with Crippen LogP contribution in [-0.4, -0.2) is 13.4 Å². The number of nitrogens with zero attached hydrogens (tertiary/aromatic N) is 1. The van der Waals surface area contributed by atoms with E-state index in [1.807, 2.05) is 20.8 Å². The lowest BCUT2D eigenvalue weighted by Crippen LogP contribution is -2.26. The summed E-state index contributed by atoms with van der Waals surface area (Å²) < 4.78 is 28.1. The molecule has 4 nitrogen and oxygen atoms in total. The molecule has 0 aliphatic carbocycles. The van der Waals surface area contributed by atoms with Gasteiger partial charge in [0.15, 0.2) is 0 Å². The van der Waals surface area contributed by atoms with Crippen molar-refractivity contribution in [2.75, 3.05) is 0 Å². The number of thiophene rings is 1. The fraction of sp³-hybridized carbons (Fsp3) is 0.364. The van der Waals surface area contributed by atoms with Crippen LogP contribution in [0.5, 0.6) is 0 Å². The van der Waals surface area contributed by atoms with E-state index >= 15 is 0 Å². The van der Waals surface area contributed by atoms with Gasteiger partial charge in [-0.25, -0.2) is 18.1 Å². The van der Waals surface area contributed by atoms with Crippen molar-refractivity contribution in [2.24, 2.45) is 0 Å². The van der Waals surface area contributed by atoms with Gasteiger partial charge in [0.2, 0.25) is 0 Å². The lowest BCUT2D eigenvalue weighted by molar-refractivity contribution is 0.569. The Balaban J connectivity index is 2.26. The fourth-order valence-electron chi connectivity index (χ4n) is 1.76. The minimum atomic E-state index is -3.50. The van der Waals surface area contributed by atoms with E-state index in [9.17, 15) is 8.42 Å². The summed E-state index contributed by atoms with van der Waals surface area (Å²) in [5.74, 6) is 0. The van der Waals surface area contributed by atoms with Gasteiger partial charge in [-0.15, -0.1) is 22.7 Å². The van der Waals surface area contributed by atoms with E-state index in [0.717, 1.165) is 15.6 Å². The number of hydrogen-bond acceptors (Lipinski definition) is 5. The molecule has 1 N–H and O–H groups in total. The molecule has 0 aliphatic rings. The highest BCUT2D eigenvalue weighted by Gasteiger charge is 2.24. The van der Waals surface area contributed by atoms with Crippen molar-refractivity contribution in [1.82, 2.24) is 9.71 Å². The molecule has 2 aromatic rings. The van der Waals surface area contributed by atoms with Gasteiger partial charge in [0, 0.05) is 9.35 Å². The number of aryl methyl sites for hydroxylation is 2. The van der Waals surface area contributed by atoms with E-state index in [0.29, 0.717) is 8.68 Å². The molecular weight excluding hydrogens is 368 g/mol. The first-order chi connectivity index (χ1) is 8.81. The van der Waals surface area contributed by atoms with Gasteiger partial charge in [-0.1, -0.05) is 0 Å². The van der Waals surface area contributed by atoms with Gasteiger partial charge < -0.3 is 0 Å². The average molecular weight is 381 g/mol. The second kappa shape index (κ2) is 5.61. The number of halogens is 1. The quantitative estimate of drug-likeness (QED) is 0.880. The predicted octanol–water partition coefficient (Wildman–Crippen LogP) is 3.62. The molecule has 19 heavy (non-hydrogen) atoms. The van der Waals surface area contributed by atoms with Gasteiger partial charge >= 0.3 is 0 Å². The monoisotopic (exact) mass is 380 g/mol. The standard InChI is InChI=1S/C11H13BrN2O2S3/c1-6-10(18-8(3)13-6)7(2)14-19(15,16)11-9(12)4-5-17-11/h4-5,7,14H,1-3H3. The van der Waals surface area contributed by atoms with Crippen LogP contribution in [-0.2, 0) is 10.0 Å². The van der Waals surface area contributed by atoms with Crippen LogP contribution in [0.1, 0.15) is 28.5 Å². The van der Waals surface area contributed by atoms with Gasteiger partial charge in [0.05, 0.1) is 16.7 Å². The van der Waals surface area contributed by atoms with Crippen LogP contribution < -0.4 is 4.72 Å². The van der Waals surface area contributed by atoms with Gasteiger partial charge in [-0.05, 0) is 48.1 Å². The molecule has 1 atom stereocenters. The van der Waals surface area contributed by atoms with Crippen molar-refractivity contribution < 1.29 is 8.42 Å². The molecule has 0 aliphatic heterocycles. The van der Waals surface area contributed by atoms with E-state index in [4.69, 9.17) is 0 Å². The molecule has 0 saturated carbocycles. The van der Waals surface area contributed by atoms with Crippen molar-refractivity contribution in [3.05, 3.63) is 31.5 Å². The topological polar surface area (TPSA) is 59.1 Å². The normalized spacial score (nSPS) is 13.7. The Kier molecular flexibility index (Phi) is 4.46. The second-order valence-electron chi connectivity index (χ2n) is 4.08. The zero-order chi connectivity index (χ0) is 14.2. The van der Waals surface area contributed by atoms with Crippen molar-refractivity contribution >= 4 is 48.6 Å². The first-order valence-electron chi connectivity index (χ1n) is 5.50. The minimum absolute atomic E-state index is 0.287. The zero-order valence-electron chi connectivity index (χ0n) is 10.6. The van der Waals surface area contributed by atoms with Crippen LogP contribution in [0.3, 0.4) is 0 Å². The van der Waals surface area contributed by atoms with Crippen molar-refractivity contribution in [1.29, 1.82) is 0 Å². The maximum absolute atomic E-state index is 12.3. The number of thiazole rings is 1. The molecule has 0 bridgehead atoms. The summed E-state index contributed by atoms with van der Waals surface area (Å²) in [5.41, 5.74) is 0.878. The third kappa shape index (κ3) is 3.25. The molecule has 0 aromatic carbocycles. The van der Waals surface area contributed by atoms with Crippen LogP contribution in [0.4, 0.5) is 0 Å². The highest BCUT2D eigenvalue weighted by molar-refractivity contribution is 9.10. The fourth-order valence-corrected chi connectivity index (χ4v) is 6.33. The summed E-state index contributed by atoms with van der Waals surface area (Å²) in [7, 11) is -3.50. The molecule has 2 heterocycles.